The summed E-state index contributed by atoms with van der Waals surface area (Å²) in [5.74, 6) is 0.799. The average Bonchev–Trinajstić information content (AvgIpc) is 2.14. The summed E-state index contributed by atoms with van der Waals surface area (Å²) in [5, 5.41) is 3.88. The molecule has 1 aromatic heterocycles. The highest BCUT2D eigenvalue weighted by atomic mass is 16.5. The minimum atomic E-state index is 0.799. The quantitative estimate of drug-likeness (QED) is 0.526. The molecule has 3 heteroatoms. The van der Waals surface area contributed by atoms with Gasteiger partial charge >= 0.3 is 0 Å². The molecule has 0 saturated heterocycles. The molecule has 0 N–H and O–H groups in total. The molecule has 0 spiro atoms. The van der Waals surface area contributed by atoms with E-state index in [1.807, 2.05) is 7.05 Å². The van der Waals surface area contributed by atoms with Gasteiger partial charge in [0.25, 0.3) is 0 Å². The van der Waals surface area contributed by atoms with Crippen molar-refractivity contribution in [1.82, 2.24) is 9.78 Å². The maximum Gasteiger partial charge on any atom is 0.156 e. The lowest BCUT2D eigenvalue weighted by atomic mass is 10.7. The molecule has 0 aliphatic rings. The van der Waals surface area contributed by atoms with Crippen LogP contribution >= 0.6 is 0 Å². The second kappa shape index (κ2) is 1.86. The first-order valence-electron chi connectivity index (χ1n) is 2.35. The van der Waals surface area contributed by atoms with E-state index in [4.69, 9.17) is 4.74 Å². The molecule has 0 amide bonds. The van der Waals surface area contributed by atoms with E-state index in [0.29, 0.717) is 0 Å². The number of rotatable bonds is 1. The van der Waals surface area contributed by atoms with Crippen molar-refractivity contribution >= 4 is 0 Å². The standard InChI is InChI=1S/C5H8N2O/c1-7-4-5(8-2)3-6-7/h3-4H,1-2H3. The minimum absolute atomic E-state index is 0.799. The Balaban J connectivity index is 2.84. The summed E-state index contributed by atoms with van der Waals surface area (Å²) in [6, 6.07) is 0. The van der Waals surface area contributed by atoms with Crippen LogP contribution in [0.3, 0.4) is 0 Å². The highest BCUT2D eigenvalue weighted by Crippen LogP contribution is 2.03. The van der Waals surface area contributed by atoms with Gasteiger partial charge in [-0.15, -0.1) is 0 Å². The van der Waals surface area contributed by atoms with E-state index in [1.165, 1.54) is 0 Å². The number of ether oxygens (including phenoxy) is 1. The van der Waals surface area contributed by atoms with Gasteiger partial charge in [0.2, 0.25) is 0 Å². The van der Waals surface area contributed by atoms with Crippen molar-refractivity contribution in [1.29, 1.82) is 0 Å². The van der Waals surface area contributed by atoms with E-state index < -0.39 is 0 Å². The van der Waals surface area contributed by atoms with E-state index in [1.54, 1.807) is 24.2 Å². The Labute approximate surface area is 47.9 Å². The Hall–Kier alpha value is -0.990. The van der Waals surface area contributed by atoms with Crippen LogP contribution in [0.2, 0.25) is 0 Å². The van der Waals surface area contributed by atoms with Crippen molar-refractivity contribution in [2.75, 3.05) is 7.11 Å². The number of methoxy groups -OCH3 is 1. The van der Waals surface area contributed by atoms with Crippen molar-refractivity contribution < 1.29 is 4.74 Å². The van der Waals surface area contributed by atoms with Gasteiger partial charge in [-0.2, -0.15) is 5.10 Å². The first kappa shape index (κ1) is 5.15. The predicted molar refractivity (Wildman–Crippen MR) is 29.8 cm³/mol. The molecule has 0 fully saturated rings. The van der Waals surface area contributed by atoms with Gasteiger partial charge in [-0.1, -0.05) is 0 Å². The molecule has 0 aliphatic heterocycles. The molecular weight excluding hydrogens is 104 g/mol. The second-order valence-electron chi connectivity index (χ2n) is 1.55. The summed E-state index contributed by atoms with van der Waals surface area (Å²) >= 11 is 0. The van der Waals surface area contributed by atoms with Crippen LogP contribution in [0.15, 0.2) is 12.4 Å². The van der Waals surface area contributed by atoms with Crippen molar-refractivity contribution in [2.45, 2.75) is 0 Å². The summed E-state index contributed by atoms with van der Waals surface area (Å²) in [5.41, 5.74) is 0. The summed E-state index contributed by atoms with van der Waals surface area (Å²) in [6.07, 6.45) is 3.47. The third-order valence-corrected chi connectivity index (χ3v) is 0.917. The molecule has 8 heavy (non-hydrogen) atoms. The fourth-order valence-corrected chi connectivity index (χ4v) is 0.504. The number of aromatic nitrogens is 2. The van der Waals surface area contributed by atoms with Crippen LogP contribution in [-0.2, 0) is 7.05 Å². The van der Waals surface area contributed by atoms with Gasteiger partial charge in [-0.3, -0.25) is 4.68 Å². The number of aryl methyl sites for hydroxylation is 1. The lowest BCUT2D eigenvalue weighted by Crippen LogP contribution is -1.84. The Bertz CT molecular complexity index is 171. The maximum atomic E-state index is 4.85. The molecule has 0 atom stereocenters. The Kier molecular flexibility index (Phi) is 1.20. The summed E-state index contributed by atoms with van der Waals surface area (Å²) in [4.78, 5) is 0. The molecule has 1 heterocycles. The molecule has 1 rings (SSSR count). The monoisotopic (exact) mass is 112 g/mol. The van der Waals surface area contributed by atoms with Crippen LogP contribution in [0.1, 0.15) is 0 Å². The SMILES string of the molecule is COc1cnn(C)c1. The molecule has 0 unspecified atom stereocenters. The van der Waals surface area contributed by atoms with Crippen LogP contribution in [0.25, 0.3) is 0 Å². The minimum Gasteiger partial charge on any atom is -0.493 e. The largest absolute Gasteiger partial charge is 0.493 e. The van der Waals surface area contributed by atoms with Crippen LogP contribution in [0.5, 0.6) is 5.75 Å². The summed E-state index contributed by atoms with van der Waals surface area (Å²) in [7, 11) is 3.47. The van der Waals surface area contributed by atoms with Crippen molar-refractivity contribution in [2.24, 2.45) is 7.05 Å². The van der Waals surface area contributed by atoms with Crippen LogP contribution in [0, 0.1) is 0 Å². The smallest absolute Gasteiger partial charge is 0.156 e. The lowest BCUT2D eigenvalue weighted by molar-refractivity contribution is 0.414. The Morgan fingerprint density at radius 3 is 2.75 bits per heavy atom. The fraction of sp³-hybridized carbons (Fsp3) is 0.400. The zero-order valence-corrected chi connectivity index (χ0v) is 4.96. The Morgan fingerprint density at radius 1 is 1.75 bits per heavy atom. The zero-order chi connectivity index (χ0) is 5.98. The van der Waals surface area contributed by atoms with Gasteiger partial charge in [0, 0.05) is 7.05 Å². The second-order valence-corrected chi connectivity index (χ2v) is 1.55. The summed E-state index contributed by atoms with van der Waals surface area (Å²) < 4.78 is 6.54. The number of nitrogens with zero attached hydrogens (tertiary/aromatic N) is 2. The van der Waals surface area contributed by atoms with Gasteiger partial charge in [0.15, 0.2) is 5.75 Å². The maximum absolute atomic E-state index is 4.85. The number of hydrogen-bond donors (Lipinski definition) is 0. The predicted octanol–water partition coefficient (Wildman–Crippen LogP) is 0.429. The molecule has 0 saturated carbocycles. The number of hydrogen-bond acceptors (Lipinski definition) is 2. The topological polar surface area (TPSA) is 27.1 Å². The van der Waals surface area contributed by atoms with E-state index >= 15 is 0 Å². The molecule has 44 valence electrons. The van der Waals surface area contributed by atoms with E-state index in [2.05, 4.69) is 5.10 Å². The third kappa shape index (κ3) is 0.804. The van der Waals surface area contributed by atoms with Gasteiger partial charge in [0.1, 0.15) is 0 Å². The Morgan fingerprint density at radius 2 is 2.50 bits per heavy atom. The fourth-order valence-electron chi connectivity index (χ4n) is 0.504. The average molecular weight is 112 g/mol. The van der Waals surface area contributed by atoms with Crippen molar-refractivity contribution in [3.8, 4) is 5.75 Å². The van der Waals surface area contributed by atoms with Gasteiger partial charge < -0.3 is 4.74 Å². The van der Waals surface area contributed by atoms with Crippen LogP contribution in [0.4, 0.5) is 0 Å². The van der Waals surface area contributed by atoms with Gasteiger partial charge in [-0.25, -0.2) is 0 Å². The first-order chi connectivity index (χ1) is 3.83. The molecular formula is C5H8N2O. The molecule has 0 aromatic carbocycles. The highest BCUT2D eigenvalue weighted by molar-refractivity contribution is 5.10. The van der Waals surface area contributed by atoms with E-state index in [0.717, 1.165) is 5.75 Å². The lowest BCUT2D eigenvalue weighted by Gasteiger charge is -1.86. The van der Waals surface area contributed by atoms with Crippen molar-refractivity contribution in [3.05, 3.63) is 12.4 Å². The van der Waals surface area contributed by atoms with Crippen LogP contribution < -0.4 is 4.74 Å². The van der Waals surface area contributed by atoms with E-state index in [9.17, 15) is 0 Å². The first-order valence-corrected chi connectivity index (χ1v) is 2.35. The molecule has 0 aliphatic carbocycles. The summed E-state index contributed by atoms with van der Waals surface area (Å²) in [6.45, 7) is 0. The van der Waals surface area contributed by atoms with Gasteiger partial charge in [0.05, 0.1) is 19.5 Å². The zero-order valence-electron chi connectivity index (χ0n) is 4.96. The molecule has 3 nitrogen and oxygen atoms in total. The van der Waals surface area contributed by atoms with Crippen LogP contribution in [-0.4, -0.2) is 16.9 Å². The normalized spacial score (nSPS) is 9.25. The van der Waals surface area contributed by atoms with Gasteiger partial charge in [-0.05, 0) is 0 Å². The molecule has 1 aromatic rings. The molecule has 0 bridgehead atoms. The highest BCUT2D eigenvalue weighted by Gasteiger charge is 1.88. The van der Waals surface area contributed by atoms with Crippen molar-refractivity contribution in [3.63, 3.8) is 0 Å². The van der Waals surface area contributed by atoms with E-state index in [-0.39, 0.29) is 0 Å². The molecule has 0 radical (unpaired) electrons. The third-order valence-electron chi connectivity index (χ3n) is 0.917.